The molecule has 0 saturated carbocycles. The zero-order valence-corrected chi connectivity index (χ0v) is 17.4. The third-order valence-corrected chi connectivity index (χ3v) is 6.65. The van der Waals surface area contributed by atoms with E-state index >= 15 is 0 Å². The number of nitriles is 2. The standard InChI is InChI=1S/C30H18N2/c31-17-19-1-5-21(6-2-19)25-13-9-23-12-16-28-26(22-7-3-20(18-32)4-8-22)14-10-24-11-15-27(25)29(23)30(24)28/h1-11,13-15H,12,16H2. The van der Waals surface area contributed by atoms with Gasteiger partial charge in [0.1, 0.15) is 0 Å². The molecule has 32 heavy (non-hydrogen) atoms. The fraction of sp³-hybridized carbons (Fsp3) is 0.0667. The first-order valence-electron chi connectivity index (χ1n) is 10.8. The molecule has 0 atom stereocenters. The van der Waals surface area contributed by atoms with Crippen molar-refractivity contribution in [1.82, 2.24) is 0 Å². The van der Waals surface area contributed by atoms with E-state index in [1.54, 1.807) is 0 Å². The Balaban J connectivity index is 1.63. The summed E-state index contributed by atoms with van der Waals surface area (Å²) >= 11 is 0. The molecule has 5 aromatic rings. The predicted molar refractivity (Wildman–Crippen MR) is 129 cm³/mol. The van der Waals surface area contributed by atoms with E-state index in [-0.39, 0.29) is 0 Å². The topological polar surface area (TPSA) is 47.6 Å². The molecule has 1 aliphatic rings. The molecule has 0 fully saturated rings. The molecule has 2 heteroatoms. The Labute approximate surface area is 186 Å². The van der Waals surface area contributed by atoms with Gasteiger partial charge in [-0.05, 0) is 92.0 Å². The van der Waals surface area contributed by atoms with Crippen molar-refractivity contribution in [2.45, 2.75) is 12.8 Å². The Morgan fingerprint density at radius 2 is 1.12 bits per heavy atom. The lowest BCUT2D eigenvalue weighted by Gasteiger charge is -2.23. The molecule has 6 rings (SSSR count). The third kappa shape index (κ3) is 2.71. The quantitative estimate of drug-likeness (QED) is 0.292. The van der Waals surface area contributed by atoms with E-state index in [2.05, 4.69) is 60.7 Å². The molecule has 148 valence electrons. The second-order valence-corrected chi connectivity index (χ2v) is 8.33. The highest BCUT2D eigenvalue weighted by molar-refractivity contribution is 6.16. The summed E-state index contributed by atoms with van der Waals surface area (Å²) in [6, 6.07) is 33.6. The van der Waals surface area contributed by atoms with Crippen LogP contribution in [0.1, 0.15) is 22.3 Å². The number of nitrogens with zero attached hydrogens (tertiary/aromatic N) is 2. The highest BCUT2D eigenvalue weighted by Gasteiger charge is 2.20. The molecule has 0 N–H and O–H groups in total. The first-order valence-corrected chi connectivity index (χ1v) is 10.8. The van der Waals surface area contributed by atoms with Crippen LogP contribution in [-0.2, 0) is 12.8 Å². The second-order valence-electron chi connectivity index (χ2n) is 8.33. The van der Waals surface area contributed by atoms with Crippen LogP contribution in [0.4, 0.5) is 0 Å². The van der Waals surface area contributed by atoms with Crippen molar-refractivity contribution in [3.05, 3.63) is 107 Å². The Bertz CT molecular complexity index is 1610. The molecule has 0 heterocycles. The molecule has 0 saturated heterocycles. The summed E-state index contributed by atoms with van der Waals surface area (Å²) in [6.07, 6.45) is 2.03. The third-order valence-electron chi connectivity index (χ3n) is 6.65. The first-order chi connectivity index (χ1) is 15.8. The number of hydrogen-bond acceptors (Lipinski definition) is 2. The van der Waals surface area contributed by atoms with Crippen LogP contribution >= 0.6 is 0 Å². The maximum absolute atomic E-state index is 9.15. The summed E-state index contributed by atoms with van der Waals surface area (Å²) in [7, 11) is 0. The maximum Gasteiger partial charge on any atom is 0.0991 e. The minimum Gasteiger partial charge on any atom is -0.192 e. The van der Waals surface area contributed by atoms with E-state index in [1.807, 2.05) is 36.4 Å². The summed E-state index contributed by atoms with van der Waals surface area (Å²) in [5.74, 6) is 0. The van der Waals surface area contributed by atoms with Gasteiger partial charge in [-0.2, -0.15) is 10.5 Å². The Morgan fingerprint density at radius 1 is 0.531 bits per heavy atom. The van der Waals surface area contributed by atoms with Gasteiger partial charge in [0.15, 0.2) is 0 Å². The van der Waals surface area contributed by atoms with Gasteiger partial charge in [0.2, 0.25) is 0 Å². The summed E-state index contributed by atoms with van der Waals surface area (Å²) in [4.78, 5) is 0. The highest BCUT2D eigenvalue weighted by atomic mass is 14.3. The van der Waals surface area contributed by atoms with Crippen LogP contribution in [0, 0.1) is 22.7 Å². The number of hydrogen-bond donors (Lipinski definition) is 0. The molecule has 0 aromatic heterocycles. The molecule has 0 amide bonds. The first kappa shape index (κ1) is 18.4. The summed E-state index contributed by atoms with van der Waals surface area (Å²) < 4.78 is 0. The Hall–Kier alpha value is -4.40. The minimum absolute atomic E-state index is 0.676. The van der Waals surface area contributed by atoms with Crippen LogP contribution in [0.3, 0.4) is 0 Å². The molecule has 5 aromatic carbocycles. The van der Waals surface area contributed by atoms with Crippen LogP contribution in [0.15, 0.2) is 84.9 Å². The summed E-state index contributed by atoms with van der Waals surface area (Å²) in [5, 5.41) is 23.5. The van der Waals surface area contributed by atoms with Crippen LogP contribution in [0.5, 0.6) is 0 Å². The van der Waals surface area contributed by atoms with Crippen LogP contribution in [-0.4, -0.2) is 0 Å². The minimum atomic E-state index is 0.676. The van der Waals surface area contributed by atoms with E-state index in [0.29, 0.717) is 11.1 Å². The van der Waals surface area contributed by atoms with Gasteiger partial charge in [0.05, 0.1) is 23.3 Å². The SMILES string of the molecule is N#Cc1ccc(-c2ccc3ccc4c(-c5ccc(C#N)cc5)ccc5c4c3c2CC5)cc1. The van der Waals surface area contributed by atoms with Gasteiger partial charge < -0.3 is 0 Å². The molecule has 0 bridgehead atoms. The summed E-state index contributed by atoms with van der Waals surface area (Å²) in [5.41, 5.74) is 8.89. The van der Waals surface area contributed by atoms with Gasteiger partial charge in [0, 0.05) is 0 Å². The largest absolute Gasteiger partial charge is 0.192 e. The zero-order chi connectivity index (χ0) is 21.7. The lowest BCUT2D eigenvalue weighted by molar-refractivity contribution is 0.970. The fourth-order valence-corrected chi connectivity index (χ4v) is 5.10. The van der Waals surface area contributed by atoms with Crippen molar-refractivity contribution >= 4 is 21.5 Å². The predicted octanol–water partition coefficient (Wildman–Crippen LogP) is 7.17. The lowest BCUT2D eigenvalue weighted by atomic mass is 9.81. The van der Waals surface area contributed by atoms with E-state index in [1.165, 1.54) is 43.8 Å². The van der Waals surface area contributed by atoms with Crippen molar-refractivity contribution in [2.24, 2.45) is 0 Å². The number of aryl methyl sites for hydroxylation is 2. The van der Waals surface area contributed by atoms with Gasteiger partial charge >= 0.3 is 0 Å². The molecule has 0 unspecified atom stereocenters. The normalized spacial score (nSPS) is 12.1. The van der Waals surface area contributed by atoms with Crippen molar-refractivity contribution in [3.63, 3.8) is 0 Å². The van der Waals surface area contributed by atoms with Crippen LogP contribution in [0.2, 0.25) is 0 Å². The van der Waals surface area contributed by atoms with Crippen LogP contribution in [0.25, 0.3) is 43.8 Å². The van der Waals surface area contributed by atoms with Crippen molar-refractivity contribution < 1.29 is 0 Å². The van der Waals surface area contributed by atoms with Crippen molar-refractivity contribution in [3.8, 4) is 34.4 Å². The molecule has 2 nitrogen and oxygen atoms in total. The van der Waals surface area contributed by atoms with Crippen molar-refractivity contribution in [2.75, 3.05) is 0 Å². The van der Waals surface area contributed by atoms with E-state index < -0.39 is 0 Å². The molecule has 0 radical (unpaired) electrons. The van der Waals surface area contributed by atoms with E-state index in [4.69, 9.17) is 10.5 Å². The molecule has 0 aliphatic heterocycles. The van der Waals surface area contributed by atoms with Gasteiger partial charge in [-0.15, -0.1) is 0 Å². The maximum atomic E-state index is 9.15. The van der Waals surface area contributed by atoms with Gasteiger partial charge in [-0.3, -0.25) is 0 Å². The van der Waals surface area contributed by atoms with Gasteiger partial charge in [-0.25, -0.2) is 0 Å². The number of rotatable bonds is 2. The van der Waals surface area contributed by atoms with Crippen LogP contribution < -0.4 is 0 Å². The second kappa shape index (κ2) is 7.09. The van der Waals surface area contributed by atoms with E-state index in [9.17, 15) is 0 Å². The zero-order valence-electron chi connectivity index (χ0n) is 17.4. The van der Waals surface area contributed by atoms with Gasteiger partial charge in [-0.1, -0.05) is 60.7 Å². The van der Waals surface area contributed by atoms with Gasteiger partial charge in [0.25, 0.3) is 0 Å². The van der Waals surface area contributed by atoms with Crippen molar-refractivity contribution in [1.29, 1.82) is 10.5 Å². The lowest BCUT2D eigenvalue weighted by Crippen LogP contribution is -2.04. The average molecular weight is 406 g/mol. The monoisotopic (exact) mass is 406 g/mol. The Kier molecular flexibility index (Phi) is 4.07. The molecular formula is C30H18N2. The summed E-state index contributed by atoms with van der Waals surface area (Å²) in [6.45, 7) is 0. The molecular weight excluding hydrogens is 388 g/mol. The highest BCUT2D eigenvalue weighted by Crippen LogP contribution is 2.43. The molecule has 0 spiro atoms. The van der Waals surface area contributed by atoms with E-state index in [0.717, 1.165) is 24.0 Å². The smallest absolute Gasteiger partial charge is 0.0991 e. The fourth-order valence-electron chi connectivity index (χ4n) is 5.10. The number of benzene rings is 5. The average Bonchev–Trinajstić information content (AvgIpc) is 2.87. The molecule has 1 aliphatic carbocycles. The Morgan fingerprint density at radius 3 is 1.78 bits per heavy atom.